The molecule has 0 heterocycles. The van der Waals surface area contributed by atoms with Gasteiger partial charge in [-0.1, -0.05) is 6.07 Å². The van der Waals surface area contributed by atoms with Gasteiger partial charge in [-0.2, -0.15) is 0 Å². The number of hydrogen-bond acceptors (Lipinski definition) is 4. The molecule has 7 heteroatoms. The summed E-state index contributed by atoms with van der Waals surface area (Å²) in [4.78, 5) is 0.0690. The highest BCUT2D eigenvalue weighted by Gasteiger charge is 2.45. The summed E-state index contributed by atoms with van der Waals surface area (Å²) in [7, 11) is -0.559. The van der Waals surface area contributed by atoms with Crippen LogP contribution in [-0.2, 0) is 15.4 Å². The van der Waals surface area contributed by atoms with Crippen LogP contribution in [0.15, 0.2) is 41.3 Å². The molecule has 140 valence electrons. The number of aryl methyl sites for hydroxylation is 1. The van der Waals surface area contributed by atoms with Crippen molar-refractivity contribution < 1.29 is 22.3 Å². The predicted octanol–water partition coefficient (Wildman–Crippen LogP) is 3.16. The van der Waals surface area contributed by atoms with Crippen LogP contribution in [0.4, 0.5) is 4.39 Å². The van der Waals surface area contributed by atoms with Gasteiger partial charge in [-0.25, -0.2) is 17.5 Å². The summed E-state index contributed by atoms with van der Waals surface area (Å²) in [5.41, 5.74) is 1.06. The van der Waals surface area contributed by atoms with Crippen molar-refractivity contribution in [2.24, 2.45) is 0 Å². The van der Waals surface area contributed by atoms with Crippen molar-refractivity contribution in [2.45, 2.75) is 30.1 Å². The van der Waals surface area contributed by atoms with E-state index in [4.69, 9.17) is 9.47 Å². The van der Waals surface area contributed by atoms with E-state index in [-0.39, 0.29) is 16.9 Å². The molecule has 1 aliphatic rings. The van der Waals surface area contributed by atoms with E-state index in [1.165, 1.54) is 18.2 Å². The Morgan fingerprint density at radius 1 is 1.08 bits per heavy atom. The molecule has 0 aliphatic heterocycles. The summed E-state index contributed by atoms with van der Waals surface area (Å²) in [6, 6.07) is 9.44. The van der Waals surface area contributed by atoms with Gasteiger partial charge in [0.2, 0.25) is 10.0 Å². The van der Waals surface area contributed by atoms with Crippen molar-refractivity contribution in [1.82, 2.24) is 4.72 Å². The number of nitrogens with one attached hydrogen (secondary N) is 1. The Hall–Kier alpha value is -2.12. The van der Waals surface area contributed by atoms with Crippen LogP contribution >= 0.6 is 0 Å². The van der Waals surface area contributed by atoms with Crippen LogP contribution in [0.2, 0.25) is 0 Å². The Bertz CT molecular complexity index is 923. The molecule has 2 aromatic carbocycles. The zero-order valence-corrected chi connectivity index (χ0v) is 15.8. The van der Waals surface area contributed by atoms with Crippen molar-refractivity contribution in [3.05, 3.63) is 53.3 Å². The summed E-state index contributed by atoms with van der Waals surface area (Å²) in [5.74, 6) is 0.829. The molecule has 2 aromatic rings. The monoisotopic (exact) mass is 379 g/mol. The van der Waals surface area contributed by atoms with E-state index in [2.05, 4.69) is 4.72 Å². The first-order valence-electron chi connectivity index (χ1n) is 8.30. The van der Waals surface area contributed by atoms with Crippen molar-refractivity contribution in [1.29, 1.82) is 0 Å². The Morgan fingerprint density at radius 2 is 1.77 bits per heavy atom. The first kappa shape index (κ1) is 18.7. The van der Waals surface area contributed by atoms with E-state index in [1.807, 2.05) is 18.2 Å². The molecule has 0 aromatic heterocycles. The fraction of sp³-hybridized carbons (Fsp3) is 0.368. The molecule has 0 bridgehead atoms. The quantitative estimate of drug-likeness (QED) is 0.803. The van der Waals surface area contributed by atoms with Crippen LogP contribution in [0.5, 0.6) is 11.5 Å². The fourth-order valence-electron chi connectivity index (χ4n) is 2.99. The zero-order chi connectivity index (χ0) is 18.9. The van der Waals surface area contributed by atoms with Crippen LogP contribution in [-0.4, -0.2) is 29.2 Å². The van der Waals surface area contributed by atoms with Crippen molar-refractivity contribution >= 4 is 10.0 Å². The molecule has 3 rings (SSSR count). The third-order valence-corrected chi connectivity index (χ3v) is 6.29. The fourth-order valence-corrected chi connectivity index (χ4v) is 4.20. The van der Waals surface area contributed by atoms with E-state index in [0.29, 0.717) is 17.1 Å². The largest absolute Gasteiger partial charge is 0.493 e. The lowest BCUT2D eigenvalue weighted by Crippen LogP contribution is -2.32. The van der Waals surface area contributed by atoms with Gasteiger partial charge < -0.3 is 9.47 Å². The van der Waals surface area contributed by atoms with E-state index in [9.17, 15) is 12.8 Å². The molecule has 26 heavy (non-hydrogen) atoms. The Balaban J connectivity index is 1.79. The van der Waals surface area contributed by atoms with Gasteiger partial charge in [0.05, 0.1) is 19.1 Å². The summed E-state index contributed by atoms with van der Waals surface area (Å²) in [6.07, 6.45) is 1.76. The van der Waals surface area contributed by atoms with Gasteiger partial charge >= 0.3 is 0 Å². The van der Waals surface area contributed by atoms with Gasteiger partial charge in [0.15, 0.2) is 11.5 Å². The second kappa shape index (κ2) is 6.89. The molecule has 0 spiro atoms. The van der Waals surface area contributed by atoms with Crippen molar-refractivity contribution in [2.75, 3.05) is 20.8 Å². The first-order chi connectivity index (χ1) is 12.3. The minimum absolute atomic E-state index is 0.0690. The first-order valence-corrected chi connectivity index (χ1v) is 9.78. The maximum absolute atomic E-state index is 13.4. The summed E-state index contributed by atoms with van der Waals surface area (Å²) >= 11 is 0. The Morgan fingerprint density at radius 3 is 2.35 bits per heavy atom. The molecule has 1 fully saturated rings. The molecular weight excluding hydrogens is 357 g/mol. The van der Waals surface area contributed by atoms with Crippen LogP contribution in [0.3, 0.4) is 0 Å². The third-order valence-electron chi connectivity index (χ3n) is 4.89. The Labute approximate surface area is 153 Å². The maximum Gasteiger partial charge on any atom is 0.240 e. The lowest BCUT2D eigenvalue weighted by Gasteiger charge is -2.19. The second-order valence-corrected chi connectivity index (χ2v) is 8.35. The molecule has 0 unspecified atom stereocenters. The van der Waals surface area contributed by atoms with Crippen LogP contribution in [0.25, 0.3) is 0 Å². The average molecular weight is 379 g/mol. The number of methoxy groups -OCH3 is 2. The lowest BCUT2D eigenvalue weighted by molar-refractivity contribution is 0.354. The summed E-state index contributed by atoms with van der Waals surface area (Å²) in [5, 5.41) is 0. The van der Waals surface area contributed by atoms with Gasteiger partial charge in [-0.15, -0.1) is 0 Å². The van der Waals surface area contributed by atoms with Gasteiger partial charge in [0, 0.05) is 12.0 Å². The lowest BCUT2D eigenvalue weighted by atomic mass is 9.96. The molecule has 0 radical (unpaired) electrons. The molecule has 1 saturated carbocycles. The predicted molar refractivity (Wildman–Crippen MR) is 96.8 cm³/mol. The standard InChI is InChI=1S/C19H22FNO4S/c1-13-10-15(5-6-16(13)20)26(22,23)21-12-19(8-9-19)14-4-7-17(24-2)18(11-14)25-3/h4-7,10-11,21H,8-9,12H2,1-3H3. The van der Waals surface area contributed by atoms with E-state index < -0.39 is 15.8 Å². The number of sulfonamides is 1. The highest BCUT2D eigenvalue weighted by molar-refractivity contribution is 7.89. The summed E-state index contributed by atoms with van der Waals surface area (Å²) < 4.78 is 51.7. The number of halogens is 1. The second-order valence-electron chi connectivity index (χ2n) is 6.59. The molecule has 1 aliphatic carbocycles. The number of ether oxygens (including phenoxy) is 2. The minimum Gasteiger partial charge on any atom is -0.493 e. The average Bonchev–Trinajstić information content (AvgIpc) is 3.43. The Kier molecular flexibility index (Phi) is 4.94. The van der Waals surface area contributed by atoms with Crippen LogP contribution in [0, 0.1) is 12.7 Å². The number of benzene rings is 2. The van der Waals surface area contributed by atoms with Gasteiger partial charge in [-0.05, 0) is 61.2 Å². The smallest absolute Gasteiger partial charge is 0.240 e. The summed E-state index contributed by atoms with van der Waals surface area (Å²) in [6.45, 7) is 1.82. The molecule has 0 atom stereocenters. The highest BCUT2D eigenvalue weighted by atomic mass is 32.2. The third kappa shape index (κ3) is 3.54. The van der Waals surface area contributed by atoms with Gasteiger partial charge in [0.25, 0.3) is 0 Å². The number of rotatable bonds is 7. The van der Waals surface area contributed by atoms with E-state index in [1.54, 1.807) is 21.1 Å². The molecule has 5 nitrogen and oxygen atoms in total. The van der Waals surface area contributed by atoms with Crippen molar-refractivity contribution in [3.63, 3.8) is 0 Å². The minimum atomic E-state index is -3.70. The maximum atomic E-state index is 13.4. The topological polar surface area (TPSA) is 64.6 Å². The van der Waals surface area contributed by atoms with E-state index >= 15 is 0 Å². The molecule has 1 N–H and O–H groups in total. The molecule has 0 amide bonds. The molecule has 0 saturated heterocycles. The van der Waals surface area contributed by atoms with E-state index in [0.717, 1.165) is 18.4 Å². The molecular formula is C19H22FNO4S. The van der Waals surface area contributed by atoms with Crippen LogP contribution in [0.1, 0.15) is 24.0 Å². The van der Waals surface area contributed by atoms with Crippen LogP contribution < -0.4 is 14.2 Å². The number of hydrogen-bond donors (Lipinski definition) is 1. The SMILES string of the molecule is COc1ccc(C2(CNS(=O)(=O)c3ccc(F)c(C)c3)CC2)cc1OC. The van der Waals surface area contributed by atoms with Gasteiger partial charge in [0.1, 0.15) is 5.82 Å². The highest BCUT2D eigenvalue weighted by Crippen LogP contribution is 2.49. The normalized spacial score (nSPS) is 15.5. The van der Waals surface area contributed by atoms with Crippen molar-refractivity contribution in [3.8, 4) is 11.5 Å². The zero-order valence-electron chi connectivity index (χ0n) is 15.0. The van der Waals surface area contributed by atoms with Gasteiger partial charge in [-0.3, -0.25) is 0 Å².